The molecule has 0 unspecified atom stereocenters. The number of rotatable bonds is 4. The first-order chi connectivity index (χ1) is 11.4. The fraction of sp³-hybridized carbons (Fsp3) is 0.294. The van der Waals surface area contributed by atoms with Gasteiger partial charge in [-0.2, -0.15) is 0 Å². The molecule has 0 bridgehead atoms. The van der Waals surface area contributed by atoms with E-state index in [4.69, 9.17) is 8.94 Å². The van der Waals surface area contributed by atoms with Gasteiger partial charge < -0.3 is 13.8 Å². The SMILES string of the molecule is c1ccc(N2CCN(Cc3cc(-c4ccco4)on3)CC2)nc1. The van der Waals surface area contributed by atoms with Crippen molar-refractivity contribution in [1.82, 2.24) is 15.0 Å². The lowest BCUT2D eigenvalue weighted by Crippen LogP contribution is -2.46. The van der Waals surface area contributed by atoms with Crippen molar-refractivity contribution in [3.8, 4) is 11.5 Å². The van der Waals surface area contributed by atoms with E-state index < -0.39 is 0 Å². The van der Waals surface area contributed by atoms with Gasteiger partial charge in [0.2, 0.25) is 5.76 Å². The zero-order valence-corrected chi connectivity index (χ0v) is 12.8. The molecule has 0 aromatic carbocycles. The van der Waals surface area contributed by atoms with Gasteiger partial charge in [0.05, 0.1) is 12.0 Å². The molecule has 0 saturated carbocycles. The summed E-state index contributed by atoms with van der Waals surface area (Å²) in [6, 6.07) is 11.7. The van der Waals surface area contributed by atoms with Crippen LogP contribution in [0.5, 0.6) is 0 Å². The minimum absolute atomic E-state index is 0.678. The van der Waals surface area contributed by atoms with E-state index in [0.29, 0.717) is 11.5 Å². The molecule has 0 spiro atoms. The second-order valence-electron chi connectivity index (χ2n) is 5.61. The van der Waals surface area contributed by atoms with Gasteiger partial charge in [-0.05, 0) is 24.3 Å². The first kappa shape index (κ1) is 14.0. The van der Waals surface area contributed by atoms with Crippen molar-refractivity contribution in [2.24, 2.45) is 0 Å². The van der Waals surface area contributed by atoms with Crippen LogP contribution in [0, 0.1) is 0 Å². The van der Waals surface area contributed by atoms with Crippen molar-refractivity contribution in [3.63, 3.8) is 0 Å². The Morgan fingerprint density at radius 1 is 1.00 bits per heavy atom. The fourth-order valence-electron chi connectivity index (χ4n) is 2.83. The highest BCUT2D eigenvalue weighted by atomic mass is 16.5. The third-order valence-corrected chi connectivity index (χ3v) is 4.05. The maximum absolute atomic E-state index is 5.35. The molecule has 0 amide bonds. The van der Waals surface area contributed by atoms with Gasteiger partial charge in [-0.3, -0.25) is 4.90 Å². The Morgan fingerprint density at radius 2 is 1.91 bits per heavy atom. The van der Waals surface area contributed by atoms with Crippen LogP contribution in [0.15, 0.2) is 57.8 Å². The summed E-state index contributed by atoms with van der Waals surface area (Å²) < 4.78 is 10.7. The minimum Gasteiger partial charge on any atom is -0.461 e. The number of hydrogen-bond acceptors (Lipinski definition) is 6. The highest BCUT2D eigenvalue weighted by molar-refractivity contribution is 5.49. The van der Waals surface area contributed by atoms with Crippen LogP contribution in [-0.2, 0) is 6.54 Å². The molecule has 4 heterocycles. The lowest BCUT2D eigenvalue weighted by molar-refractivity contribution is 0.242. The second kappa shape index (κ2) is 6.26. The summed E-state index contributed by atoms with van der Waals surface area (Å²) in [5.74, 6) is 2.44. The van der Waals surface area contributed by atoms with Crippen LogP contribution in [-0.4, -0.2) is 41.2 Å². The fourth-order valence-corrected chi connectivity index (χ4v) is 2.83. The van der Waals surface area contributed by atoms with Crippen LogP contribution in [0.1, 0.15) is 5.69 Å². The van der Waals surface area contributed by atoms with Crippen molar-refractivity contribution in [3.05, 3.63) is 54.6 Å². The predicted octanol–water partition coefficient (Wildman–Crippen LogP) is 2.65. The lowest BCUT2D eigenvalue weighted by Gasteiger charge is -2.34. The third kappa shape index (κ3) is 3.12. The van der Waals surface area contributed by atoms with Gasteiger partial charge in [0, 0.05) is 45.0 Å². The van der Waals surface area contributed by atoms with Crippen molar-refractivity contribution in [1.29, 1.82) is 0 Å². The molecular weight excluding hydrogens is 292 g/mol. The van der Waals surface area contributed by atoms with Gasteiger partial charge in [-0.15, -0.1) is 0 Å². The molecule has 0 radical (unpaired) electrons. The van der Waals surface area contributed by atoms with E-state index in [1.807, 2.05) is 36.5 Å². The van der Waals surface area contributed by atoms with Gasteiger partial charge in [-0.1, -0.05) is 11.2 Å². The Labute approximate surface area is 134 Å². The van der Waals surface area contributed by atoms with Crippen LogP contribution < -0.4 is 4.90 Å². The van der Waals surface area contributed by atoms with E-state index in [1.165, 1.54) is 0 Å². The van der Waals surface area contributed by atoms with Gasteiger partial charge in [0.25, 0.3) is 0 Å². The maximum Gasteiger partial charge on any atom is 0.202 e. The molecule has 1 saturated heterocycles. The van der Waals surface area contributed by atoms with E-state index in [9.17, 15) is 0 Å². The number of piperazine rings is 1. The van der Waals surface area contributed by atoms with Crippen molar-refractivity contribution in [2.45, 2.75) is 6.54 Å². The highest BCUT2D eigenvalue weighted by Gasteiger charge is 2.19. The van der Waals surface area contributed by atoms with E-state index >= 15 is 0 Å². The summed E-state index contributed by atoms with van der Waals surface area (Å²) >= 11 is 0. The molecule has 4 rings (SSSR count). The first-order valence-electron chi connectivity index (χ1n) is 7.76. The lowest BCUT2D eigenvalue weighted by atomic mass is 10.2. The van der Waals surface area contributed by atoms with Gasteiger partial charge in [0.15, 0.2) is 5.76 Å². The molecule has 6 nitrogen and oxygen atoms in total. The number of anilines is 1. The van der Waals surface area contributed by atoms with Crippen molar-refractivity contribution < 1.29 is 8.94 Å². The van der Waals surface area contributed by atoms with Crippen LogP contribution in [0.25, 0.3) is 11.5 Å². The monoisotopic (exact) mass is 310 g/mol. The molecule has 6 heteroatoms. The molecule has 1 fully saturated rings. The quantitative estimate of drug-likeness (QED) is 0.738. The Kier molecular flexibility index (Phi) is 3.81. The Hall–Kier alpha value is -2.60. The molecular formula is C17H18N4O2. The van der Waals surface area contributed by atoms with Gasteiger partial charge >= 0.3 is 0 Å². The van der Waals surface area contributed by atoms with Gasteiger partial charge in [0.1, 0.15) is 5.82 Å². The topological polar surface area (TPSA) is 58.5 Å². The van der Waals surface area contributed by atoms with Crippen LogP contribution in [0.2, 0.25) is 0 Å². The highest BCUT2D eigenvalue weighted by Crippen LogP contribution is 2.21. The molecule has 118 valence electrons. The molecule has 0 N–H and O–H groups in total. The molecule has 1 aliphatic rings. The number of aromatic nitrogens is 2. The standard InChI is InChI=1S/C17H18N4O2/c1-2-6-18-17(5-1)21-9-7-20(8-10-21)13-14-12-16(23-19-14)15-4-3-11-22-15/h1-6,11-12H,7-10,13H2. The molecule has 3 aromatic heterocycles. The average molecular weight is 310 g/mol. The predicted molar refractivity (Wildman–Crippen MR) is 85.9 cm³/mol. The van der Waals surface area contributed by atoms with Crippen LogP contribution in [0.4, 0.5) is 5.82 Å². The zero-order chi connectivity index (χ0) is 15.5. The van der Waals surface area contributed by atoms with Crippen LogP contribution in [0.3, 0.4) is 0 Å². The molecule has 0 aliphatic carbocycles. The van der Waals surface area contributed by atoms with E-state index in [2.05, 4.69) is 26.0 Å². The minimum atomic E-state index is 0.678. The summed E-state index contributed by atoms with van der Waals surface area (Å²) in [5, 5.41) is 4.14. The maximum atomic E-state index is 5.35. The molecule has 1 aliphatic heterocycles. The normalized spacial score (nSPS) is 15.9. The van der Waals surface area contributed by atoms with E-state index in [-0.39, 0.29) is 0 Å². The van der Waals surface area contributed by atoms with E-state index in [1.54, 1.807) is 6.26 Å². The summed E-state index contributed by atoms with van der Waals surface area (Å²) in [5.41, 5.74) is 0.933. The Bertz CT molecular complexity index is 731. The van der Waals surface area contributed by atoms with Crippen LogP contribution >= 0.6 is 0 Å². The van der Waals surface area contributed by atoms with Crippen molar-refractivity contribution >= 4 is 5.82 Å². The number of hydrogen-bond donors (Lipinski definition) is 0. The second-order valence-corrected chi connectivity index (χ2v) is 5.61. The van der Waals surface area contributed by atoms with Gasteiger partial charge in [-0.25, -0.2) is 4.98 Å². The molecule has 23 heavy (non-hydrogen) atoms. The van der Waals surface area contributed by atoms with Crippen molar-refractivity contribution in [2.75, 3.05) is 31.1 Å². The number of pyridine rings is 1. The Balaban J connectivity index is 1.35. The molecule has 3 aromatic rings. The number of furan rings is 1. The van der Waals surface area contributed by atoms with E-state index in [0.717, 1.165) is 44.2 Å². The average Bonchev–Trinajstić information content (AvgIpc) is 3.28. The third-order valence-electron chi connectivity index (χ3n) is 4.05. The zero-order valence-electron chi connectivity index (χ0n) is 12.8. The smallest absolute Gasteiger partial charge is 0.202 e. The summed E-state index contributed by atoms with van der Waals surface area (Å²) in [6.07, 6.45) is 3.47. The number of nitrogens with zero attached hydrogens (tertiary/aromatic N) is 4. The largest absolute Gasteiger partial charge is 0.461 e. The summed E-state index contributed by atoms with van der Waals surface area (Å²) in [7, 11) is 0. The Morgan fingerprint density at radius 3 is 2.65 bits per heavy atom. The molecule has 0 atom stereocenters. The first-order valence-corrected chi connectivity index (χ1v) is 7.76. The summed E-state index contributed by atoms with van der Waals surface area (Å²) in [6.45, 7) is 4.71. The summed E-state index contributed by atoms with van der Waals surface area (Å²) in [4.78, 5) is 9.10.